The van der Waals surface area contributed by atoms with Gasteiger partial charge in [-0.15, -0.1) is 0 Å². The summed E-state index contributed by atoms with van der Waals surface area (Å²) in [6.07, 6.45) is 4.86. The van der Waals surface area contributed by atoms with Crippen LogP contribution in [-0.2, 0) is 4.79 Å². The second-order valence-corrected chi connectivity index (χ2v) is 3.08. The number of hydrogen-bond donors (Lipinski definition) is 0. The van der Waals surface area contributed by atoms with Crippen molar-refractivity contribution in [3.05, 3.63) is 23.9 Å². The minimum Gasteiger partial charge on any atom is -0.290 e. The smallest absolute Gasteiger partial charge is 0.205 e. The van der Waals surface area contributed by atoms with E-state index in [9.17, 15) is 4.79 Å². The SMILES string of the molecule is CC1=NC2C(=O)C(C#N)=CN=C2C=C1. The number of allylic oxidation sites excluding steroid dienone is 1. The second-order valence-electron chi connectivity index (χ2n) is 3.08. The summed E-state index contributed by atoms with van der Waals surface area (Å²) in [6, 6.07) is 1.22. The largest absolute Gasteiger partial charge is 0.290 e. The summed E-state index contributed by atoms with van der Waals surface area (Å²) in [4.78, 5) is 19.8. The number of dihydropyridines is 1. The lowest BCUT2D eigenvalue weighted by Gasteiger charge is -2.17. The fourth-order valence-corrected chi connectivity index (χ4v) is 1.35. The fraction of sp³-hybridized carbons (Fsp3) is 0.200. The summed E-state index contributed by atoms with van der Waals surface area (Å²) in [6.45, 7) is 1.81. The monoisotopic (exact) mass is 185 g/mol. The third-order valence-electron chi connectivity index (χ3n) is 2.09. The molecule has 0 aliphatic carbocycles. The average Bonchev–Trinajstić information content (AvgIpc) is 2.20. The summed E-state index contributed by atoms with van der Waals surface area (Å²) in [7, 11) is 0. The van der Waals surface area contributed by atoms with Gasteiger partial charge in [-0.2, -0.15) is 5.26 Å². The van der Waals surface area contributed by atoms with Crippen molar-refractivity contribution in [3.8, 4) is 6.07 Å². The second kappa shape index (κ2) is 3.04. The highest BCUT2D eigenvalue weighted by atomic mass is 16.1. The van der Waals surface area contributed by atoms with Crippen LogP contribution in [0.2, 0.25) is 0 Å². The number of Topliss-reactive ketones (excluding diaryl/α,β-unsaturated/α-hetero) is 1. The number of ketones is 1. The third kappa shape index (κ3) is 1.19. The third-order valence-corrected chi connectivity index (χ3v) is 2.09. The minimum absolute atomic E-state index is 0.0746. The van der Waals surface area contributed by atoms with Crippen molar-refractivity contribution in [2.45, 2.75) is 13.0 Å². The van der Waals surface area contributed by atoms with Crippen LogP contribution in [0.1, 0.15) is 6.92 Å². The molecule has 2 rings (SSSR count). The van der Waals surface area contributed by atoms with Gasteiger partial charge in [0.2, 0.25) is 5.78 Å². The van der Waals surface area contributed by atoms with Crippen molar-refractivity contribution in [1.29, 1.82) is 5.26 Å². The number of carbonyl (C=O) groups is 1. The Hall–Kier alpha value is -2.02. The van der Waals surface area contributed by atoms with E-state index in [4.69, 9.17) is 5.26 Å². The molecule has 2 aliphatic heterocycles. The zero-order chi connectivity index (χ0) is 10.1. The first kappa shape index (κ1) is 8.57. The lowest BCUT2D eigenvalue weighted by Crippen LogP contribution is -2.33. The first-order chi connectivity index (χ1) is 6.72. The lowest BCUT2D eigenvalue weighted by molar-refractivity contribution is -0.115. The summed E-state index contributed by atoms with van der Waals surface area (Å²) >= 11 is 0. The standard InChI is InChI=1S/C10H7N3O/c1-6-2-3-8-9(13-6)10(14)7(4-11)5-12-8/h2-3,5,9H,1H3. The number of rotatable bonds is 0. The summed E-state index contributed by atoms with van der Waals surface area (Å²) in [5, 5.41) is 8.64. The van der Waals surface area contributed by atoms with Crippen LogP contribution < -0.4 is 0 Å². The molecule has 0 amide bonds. The van der Waals surface area contributed by atoms with Crippen LogP contribution >= 0.6 is 0 Å². The molecular formula is C10H7N3O. The van der Waals surface area contributed by atoms with Gasteiger partial charge in [0.25, 0.3) is 0 Å². The molecule has 0 saturated heterocycles. The van der Waals surface area contributed by atoms with Crippen LogP contribution in [0.4, 0.5) is 0 Å². The van der Waals surface area contributed by atoms with Crippen LogP contribution in [0.15, 0.2) is 33.9 Å². The van der Waals surface area contributed by atoms with Crippen LogP contribution in [0.25, 0.3) is 0 Å². The molecule has 0 aromatic rings. The summed E-state index contributed by atoms with van der Waals surface area (Å²) in [5.41, 5.74) is 1.46. The van der Waals surface area contributed by atoms with Gasteiger partial charge in [-0.1, -0.05) is 0 Å². The molecule has 0 spiro atoms. The predicted molar refractivity (Wildman–Crippen MR) is 52.2 cm³/mol. The van der Waals surface area contributed by atoms with Crippen LogP contribution in [-0.4, -0.2) is 23.2 Å². The topological polar surface area (TPSA) is 65.6 Å². The van der Waals surface area contributed by atoms with Gasteiger partial charge in [-0.05, 0) is 19.1 Å². The highest BCUT2D eigenvalue weighted by Gasteiger charge is 2.29. The molecule has 0 aromatic heterocycles. The van der Waals surface area contributed by atoms with Gasteiger partial charge in [0.15, 0.2) is 6.04 Å². The van der Waals surface area contributed by atoms with E-state index in [1.807, 2.05) is 13.0 Å². The van der Waals surface area contributed by atoms with Crippen molar-refractivity contribution in [1.82, 2.24) is 0 Å². The van der Waals surface area contributed by atoms with Crippen LogP contribution in [0.5, 0.6) is 0 Å². The van der Waals surface area contributed by atoms with Crippen LogP contribution in [0.3, 0.4) is 0 Å². The molecule has 1 unspecified atom stereocenters. The van der Waals surface area contributed by atoms with Gasteiger partial charge in [-0.25, -0.2) is 0 Å². The number of fused-ring (bicyclic) bond motifs is 1. The molecule has 0 saturated carbocycles. The van der Waals surface area contributed by atoms with Gasteiger partial charge in [0.1, 0.15) is 11.6 Å². The first-order valence-electron chi connectivity index (χ1n) is 4.17. The van der Waals surface area contributed by atoms with E-state index in [0.29, 0.717) is 5.71 Å². The highest BCUT2D eigenvalue weighted by Crippen LogP contribution is 2.15. The molecule has 2 heterocycles. The lowest BCUT2D eigenvalue weighted by atomic mass is 9.97. The average molecular weight is 185 g/mol. The van der Waals surface area contributed by atoms with E-state index in [1.165, 1.54) is 6.20 Å². The molecular weight excluding hydrogens is 178 g/mol. The Labute approximate surface area is 81.0 Å². The molecule has 14 heavy (non-hydrogen) atoms. The molecule has 0 aromatic carbocycles. The summed E-state index contributed by atoms with van der Waals surface area (Å²) in [5.74, 6) is -0.263. The number of nitriles is 1. The van der Waals surface area contributed by atoms with Crippen molar-refractivity contribution in [3.63, 3.8) is 0 Å². The minimum atomic E-state index is -0.598. The Balaban J connectivity index is 2.47. The predicted octanol–water partition coefficient (Wildman–Crippen LogP) is 0.817. The molecule has 4 heteroatoms. The number of aliphatic imine (C=N–C) groups is 2. The maximum atomic E-state index is 11.6. The molecule has 4 nitrogen and oxygen atoms in total. The number of carbonyl (C=O) groups excluding carboxylic acids is 1. The van der Waals surface area contributed by atoms with Crippen molar-refractivity contribution in [2.75, 3.05) is 0 Å². The molecule has 68 valence electrons. The van der Waals surface area contributed by atoms with Gasteiger partial charge < -0.3 is 0 Å². The Morgan fingerprint density at radius 2 is 2.29 bits per heavy atom. The van der Waals surface area contributed by atoms with E-state index in [2.05, 4.69) is 9.98 Å². The maximum absolute atomic E-state index is 11.6. The van der Waals surface area contributed by atoms with Gasteiger partial charge in [0.05, 0.1) is 5.71 Å². The Morgan fingerprint density at radius 3 is 3.00 bits per heavy atom. The maximum Gasteiger partial charge on any atom is 0.205 e. The fourth-order valence-electron chi connectivity index (χ4n) is 1.35. The van der Waals surface area contributed by atoms with E-state index in [1.54, 1.807) is 12.2 Å². The van der Waals surface area contributed by atoms with Gasteiger partial charge in [0, 0.05) is 11.9 Å². The number of nitrogens with zero attached hydrogens (tertiary/aromatic N) is 3. The van der Waals surface area contributed by atoms with Crippen molar-refractivity contribution < 1.29 is 4.79 Å². The van der Waals surface area contributed by atoms with Crippen molar-refractivity contribution in [2.24, 2.45) is 9.98 Å². The highest BCUT2D eigenvalue weighted by molar-refractivity contribution is 6.25. The number of hydrogen-bond acceptors (Lipinski definition) is 4. The Morgan fingerprint density at radius 1 is 1.50 bits per heavy atom. The Bertz CT molecular complexity index is 460. The zero-order valence-corrected chi connectivity index (χ0v) is 7.56. The van der Waals surface area contributed by atoms with Crippen molar-refractivity contribution >= 4 is 17.2 Å². The van der Waals surface area contributed by atoms with Gasteiger partial charge in [-0.3, -0.25) is 14.8 Å². The molecule has 0 fully saturated rings. The quantitative estimate of drug-likeness (QED) is 0.560. The molecule has 0 bridgehead atoms. The Kier molecular flexibility index (Phi) is 1.86. The van der Waals surface area contributed by atoms with Gasteiger partial charge >= 0.3 is 0 Å². The first-order valence-corrected chi connectivity index (χ1v) is 4.17. The molecule has 2 aliphatic rings. The zero-order valence-electron chi connectivity index (χ0n) is 7.56. The van der Waals surface area contributed by atoms with E-state index in [-0.39, 0.29) is 11.4 Å². The van der Waals surface area contributed by atoms with Crippen LogP contribution in [0, 0.1) is 11.3 Å². The molecule has 0 radical (unpaired) electrons. The molecule has 0 N–H and O–H groups in total. The van der Waals surface area contributed by atoms with E-state index < -0.39 is 6.04 Å². The normalized spacial score (nSPS) is 24.4. The van der Waals surface area contributed by atoms with E-state index >= 15 is 0 Å². The summed E-state index contributed by atoms with van der Waals surface area (Å²) < 4.78 is 0. The molecule has 1 atom stereocenters. The van der Waals surface area contributed by atoms with E-state index in [0.717, 1.165) is 5.71 Å².